The first-order chi connectivity index (χ1) is 15.6. The zero-order valence-corrected chi connectivity index (χ0v) is 20.9. The number of anilines is 1. The van der Waals surface area contributed by atoms with Crippen LogP contribution in [0.25, 0.3) is 0 Å². The number of ether oxygens (including phenoxy) is 1. The molecule has 3 heterocycles. The van der Waals surface area contributed by atoms with Crippen LogP contribution in [0.3, 0.4) is 0 Å². The first-order valence-corrected chi connectivity index (χ1v) is 12.7. The van der Waals surface area contributed by atoms with E-state index in [0.29, 0.717) is 17.1 Å². The Balaban J connectivity index is 1.78. The molecule has 2 bridgehead atoms. The van der Waals surface area contributed by atoms with Crippen molar-refractivity contribution in [2.24, 2.45) is 17.8 Å². The molecular weight excluding hydrogens is 464 g/mol. The van der Waals surface area contributed by atoms with Gasteiger partial charge in [-0.2, -0.15) is 0 Å². The van der Waals surface area contributed by atoms with Crippen LogP contribution < -0.4 is 5.32 Å². The molecule has 2 unspecified atom stereocenters. The summed E-state index contributed by atoms with van der Waals surface area (Å²) < 4.78 is 4.17. The Morgan fingerprint density at radius 3 is 2.55 bits per heavy atom. The Morgan fingerprint density at radius 2 is 1.97 bits per heavy atom. The van der Waals surface area contributed by atoms with E-state index in [-0.39, 0.29) is 36.9 Å². The summed E-state index contributed by atoms with van der Waals surface area (Å²) in [6, 6.07) is 5.46. The van der Waals surface area contributed by atoms with Crippen molar-refractivity contribution in [1.29, 1.82) is 0 Å². The number of esters is 1. The van der Waals surface area contributed by atoms with E-state index in [2.05, 4.69) is 5.32 Å². The summed E-state index contributed by atoms with van der Waals surface area (Å²) in [6.45, 7) is 7.57. The summed E-state index contributed by atoms with van der Waals surface area (Å²) in [6.07, 6.45) is 1.36. The fraction of sp³-hybridized carbons (Fsp3) is 0.625. The van der Waals surface area contributed by atoms with Crippen LogP contribution in [0.5, 0.6) is 0 Å². The number of amides is 2. The van der Waals surface area contributed by atoms with Gasteiger partial charge in [0.05, 0.1) is 35.8 Å². The minimum absolute atomic E-state index is 0.0705. The predicted octanol–water partition coefficient (Wildman–Crippen LogP) is 3.34. The monoisotopic (exact) mass is 494 g/mol. The lowest BCUT2D eigenvalue weighted by Gasteiger charge is -2.38. The van der Waals surface area contributed by atoms with Crippen LogP contribution in [-0.2, 0) is 19.1 Å². The molecule has 180 valence electrons. The van der Waals surface area contributed by atoms with E-state index in [1.54, 1.807) is 47.9 Å². The summed E-state index contributed by atoms with van der Waals surface area (Å²) in [5, 5.41) is 13.7. The average molecular weight is 495 g/mol. The highest BCUT2D eigenvalue weighted by Gasteiger charge is 2.78. The highest BCUT2D eigenvalue weighted by molar-refractivity contribution is 8.02. The molecule has 0 radical (unpaired) electrons. The topological polar surface area (TPSA) is 95.9 Å². The number of thioether (sulfide) groups is 1. The average Bonchev–Trinajstić information content (AvgIpc) is 3.31. The Labute approximate surface area is 203 Å². The number of aliphatic hydroxyl groups excluding tert-OH is 1. The highest BCUT2D eigenvalue weighted by atomic mass is 35.5. The van der Waals surface area contributed by atoms with E-state index in [1.165, 1.54) is 0 Å². The number of benzene rings is 1. The van der Waals surface area contributed by atoms with Gasteiger partial charge < -0.3 is 20.1 Å². The number of likely N-dealkylation sites (tertiary alicyclic amines) is 1. The second-order valence-electron chi connectivity index (χ2n) is 9.72. The molecule has 2 amide bonds. The molecule has 3 aliphatic heterocycles. The minimum atomic E-state index is -0.809. The number of hydrogen-bond acceptors (Lipinski definition) is 6. The lowest BCUT2D eigenvalue weighted by atomic mass is 9.66. The van der Waals surface area contributed by atoms with Crippen LogP contribution in [0.2, 0.25) is 5.02 Å². The van der Waals surface area contributed by atoms with Crippen LogP contribution in [0.15, 0.2) is 24.3 Å². The third-order valence-electron chi connectivity index (χ3n) is 7.43. The molecule has 1 aromatic carbocycles. The second kappa shape index (κ2) is 8.78. The number of nitrogens with zero attached hydrogens (tertiary/aromatic N) is 1. The summed E-state index contributed by atoms with van der Waals surface area (Å²) in [7, 11) is 0. The fourth-order valence-corrected chi connectivity index (χ4v) is 8.43. The van der Waals surface area contributed by atoms with Gasteiger partial charge in [0.1, 0.15) is 6.04 Å². The summed E-state index contributed by atoms with van der Waals surface area (Å²) >= 11 is 7.57. The van der Waals surface area contributed by atoms with Crippen LogP contribution in [0.1, 0.15) is 40.5 Å². The minimum Gasteiger partial charge on any atom is -0.466 e. The number of carbonyl (C=O) groups is 3. The second-order valence-corrected chi connectivity index (χ2v) is 12.0. The van der Waals surface area contributed by atoms with Crippen LogP contribution in [0, 0.1) is 17.8 Å². The zero-order valence-electron chi connectivity index (χ0n) is 19.3. The first-order valence-electron chi connectivity index (χ1n) is 11.5. The maximum Gasteiger partial charge on any atom is 0.311 e. The largest absolute Gasteiger partial charge is 0.466 e. The van der Waals surface area contributed by atoms with Gasteiger partial charge in [0, 0.05) is 15.5 Å². The smallest absolute Gasteiger partial charge is 0.311 e. The molecule has 7 nitrogen and oxygen atoms in total. The zero-order chi connectivity index (χ0) is 24.1. The lowest BCUT2D eigenvalue weighted by Crippen LogP contribution is -2.56. The van der Waals surface area contributed by atoms with Gasteiger partial charge in [-0.3, -0.25) is 14.4 Å². The number of nitrogens with one attached hydrogen (secondary N) is 1. The van der Waals surface area contributed by atoms with Gasteiger partial charge >= 0.3 is 5.97 Å². The molecule has 0 saturated carbocycles. The van der Waals surface area contributed by atoms with Gasteiger partial charge in [0.2, 0.25) is 11.8 Å². The number of aliphatic hydroxyl groups is 1. The molecule has 3 aliphatic rings. The van der Waals surface area contributed by atoms with E-state index in [9.17, 15) is 19.5 Å². The summed E-state index contributed by atoms with van der Waals surface area (Å²) in [5.41, 5.74) is 0.576. The van der Waals surface area contributed by atoms with Crippen molar-refractivity contribution < 1.29 is 24.2 Å². The molecule has 0 aromatic heterocycles. The van der Waals surface area contributed by atoms with Crippen molar-refractivity contribution in [2.45, 2.75) is 62.1 Å². The molecular formula is C24H31ClN2O5S. The molecule has 2 N–H and O–H groups in total. The van der Waals surface area contributed by atoms with E-state index < -0.39 is 33.4 Å². The maximum atomic E-state index is 13.9. The molecule has 1 spiro atoms. The third kappa shape index (κ3) is 3.74. The van der Waals surface area contributed by atoms with Gasteiger partial charge in [0.25, 0.3) is 0 Å². The van der Waals surface area contributed by atoms with Gasteiger partial charge in [-0.15, -0.1) is 11.8 Å². The van der Waals surface area contributed by atoms with E-state index in [1.807, 2.05) is 20.8 Å². The van der Waals surface area contributed by atoms with E-state index in [4.69, 9.17) is 16.3 Å². The first kappa shape index (κ1) is 24.4. The maximum absolute atomic E-state index is 13.9. The molecule has 1 aromatic rings. The van der Waals surface area contributed by atoms with Crippen molar-refractivity contribution in [1.82, 2.24) is 4.90 Å². The molecule has 4 rings (SSSR count). The van der Waals surface area contributed by atoms with E-state index in [0.717, 1.165) is 6.42 Å². The van der Waals surface area contributed by atoms with Gasteiger partial charge in [-0.1, -0.05) is 25.4 Å². The number of hydrogen-bond donors (Lipinski definition) is 2. The van der Waals surface area contributed by atoms with Crippen molar-refractivity contribution in [3.8, 4) is 0 Å². The van der Waals surface area contributed by atoms with Crippen molar-refractivity contribution in [3.05, 3.63) is 29.3 Å². The standard InChI is InChI=1S/C24H31ClN2O5S/c1-5-32-22(31)18-17-21(30)27(16(12-28)13(2)3)19(24(17)11-10-23(18,4)33-24)20(29)26-15-8-6-14(25)7-9-15/h6-9,13,16-19,28H,5,10-12H2,1-4H3,(H,26,29)/t16-,17-,18-,19?,23+,24?/m0/s1. The number of rotatable bonds is 7. The lowest BCUT2D eigenvalue weighted by molar-refractivity contribution is -0.155. The quantitative estimate of drug-likeness (QED) is 0.564. The molecule has 3 fully saturated rings. The highest BCUT2D eigenvalue weighted by Crippen LogP contribution is 2.71. The Bertz CT molecular complexity index is 957. The third-order valence-corrected chi connectivity index (χ3v) is 9.67. The Morgan fingerprint density at radius 1 is 1.30 bits per heavy atom. The van der Waals surface area contributed by atoms with Gasteiger partial charge in [-0.05, 0) is 56.9 Å². The van der Waals surface area contributed by atoms with Crippen molar-refractivity contribution in [3.63, 3.8) is 0 Å². The fourth-order valence-electron chi connectivity index (χ4n) is 5.97. The SMILES string of the molecule is CCOC(=O)[C@@H]1[C@H]2C(=O)N([C@@H](CO)C(C)C)C(C(=O)Nc3ccc(Cl)cc3)C23CC[C@@]1(C)S3. The summed E-state index contributed by atoms with van der Waals surface area (Å²) in [5.74, 6) is -2.28. The normalized spacial score (nSPS) is 33.4. The van der Waals surface area contributed by atoms with Gasteiger partial charge in [0.15, 0.2) is 0 Å². The van der Waals surface area contributed by atoms with Gasteiger partial charge in [-0.25, -0.2) is 0 Å². The summed E-state index contributed by atoms with van der Waals surface area (Å²) in [4.78, 5) is 42.3. The Hall–Kier alpha value is -1.77. The van der Waals surface area contributed by atoms with Crippen LogP contribution in [0.4, 0.5) is 5.69 Å². The molecule has 0 aliphatic carbocycles. The number of carbonyl (C=O) groups excluding carboxylic acids is 3. The Kier molecular flexibility index (Phi) is 6.48. The molecule has 33 heavy (non-hydrogen) atoms. The number of halogens is 1. The predicted molar refractivity (Wildman–Crippen MR) is 128 cm³/mol. The van der Waals surface area contributed by atoms with Crippen LogP contribution >= 0.6 is 23.4 Å². The van der Waals surface area contributed by atoms with E-state index >= 15 is 0 Å². The molecule has 6 atom stereocenters. The molecule has 3 saturated heterocycles. The number of fused-ring (bicyclic) bond motifs is 1. The van der Waals surface area contributed by atoms with Crippen LogP contribution in [-0.4, -0.2) is 62.6 Å². The van der Waals surface area contributed by atoms with Crippen molar-refractivity contribution in [2.75, 3.05) is 18.5 Å². The molecule has 9 heteroatoms. The van der Waals surface area contributed by atoms with Crippen molar-refractivity contribution >= 4 is 46.8 Å².